The number of hydrogen-bond donors (Lipinski definition) is 1. The molecule has 0 radical (unpaired) electrons. The summed E-state index contributed by atoms with van der Waals surface area (Å²) in [6, 6.07) is 20.6. The van der Waals surface area contributed by atoms with E-state index >= 15 is 0 Å². The minimum atomic E-state index is -0.107. The minimum absolute atomic E-state index is 0.0738. The fourth-order valence-corrected chi connectivity index (χ4v) is 4.12. The van der Waals surface area contributed by atoms with Gasteiger partial charge in [0, 0.05) is 5.56 Å². The molecule has 1 aliphatic carbocycles. The summed E-state index contributed by atoms with van der Waals surface area (Å²) in [6.45, 7) is 4.35. The third-order valence-corrected chi connectivity index (χ3v) is 5.68. The van der Waals surface area contributed by atoms with Crippen molar-refractivity contribution in [1.29, 1.82) is 0 Å². The van der Waals surface area contributed by atoms with E-state index < -0.39 is 0 Å². The van der Waals surface area contributed by atoms with E-state index in [-0.39, 0.29) is 11.9 Å². The monoisotopic (exact) mass is 370 g/mol. The molecule has 0 spiro atoms. The van der Waals surface area contributed by atoms with Gasteiger partial charge in [-0.1, -0.05) is 56.3 Å². The highest BCUT2D eigenvalue weighted by Crippen LogP contribution is 2.31. The van der Waals surface area contributed by atoms with Crippen molar-refractivity contribution in [3.8, 4) is 11.3 Å². The Balaban J connectivity index is 1.57. The highest BCUT2D eigenvalue weighted by Gasteiger charge is 2.24. The van der Waals surface area contributed by atoms with Crippen LogP contribution in [-0.4, -0.2) is 10.9 Å². The molecule has 3 heteroatoms. The molecule has 28 heavy (non-hydrogen) atoms. The van der Waals surface area contributed by atoms with Gasteiger partial charge >= 0.3 is 0 Å². The Kier molecular flexibility index (Phi) is 5.25. The zero-order valence-electron chi connectivity index (χ0n) is 16.5. The van der Waals surface area contributed by atoms with Gasteiger partial charge in [-0.15, -0.1) is 0 Å². The lowest BCUT2D eigenvalue weighted by molar-refractivity contribution is 0.0932. The van der Waals surface area contributed by atoms with Crippen LogP contribution < -0.4 is 5.32 Å². The molecule has 0 saturated heterocycles. The van der Waals surface area contributed by atoms with E-state index in [2.05, 4.69) is 60.5 Å². The Morgan fingerprint density at radius 2 is 1.82 bits per heavy atom. The van der Waals surface area contributed by atoms with Crippen molar-refractivity contribution in [2.75, 3.05) is 0 Å². The second-order valence-corrected chi connectivity index (χ2v) is 7.36. The van der Waals surface area contributed by atoms with Crippen molar-refractivity contribution in [2.45, 2.75) is 45.6 Å². The molecule has 0 aliphatic heterocycles. The van der Waals surface area contributed by atoms with Gasteiger partial charge in [-0.25, -0.2) is 4.98 Å². The van der Waals surface area contributed by atoms with Crippen LogP contribution in [0.3, 0.4) is 0 Å². The lowest BCUT2D eigenvalue weighted by Crippen LogP contribution is -2.27. The molecule has 2 aromatic carbocycles. The standard InChI is InChI=1S/C25H26N2O/c1-3-17-12-13-20(16-18(17)4-2)22-10-7-11-24(26-22)25(28)27-23-15-14-19-8-5-6-9-21(19)23/h5-13,16,23H,3-4,14-15H2,1-2H3,(H,27,28). The molecule has 1 atom stereocenters. The Morgan fingerprint density at radius 1 is 1.00 bits per heavy atom. The molecule has 0 bridgehead atoms. The van der Waals surface area contributed by atoms with E-state index in [1.165, 1.54) is 22.3 Å². The second-order valence-electron chi connectivity index (χ2n) is 7.36. The summed E-state index contributed by atoms with van der Waals surface area (Å²) >= 11 is 0. The SMILES string of the molecule is CCc1ccc(-c2cccc(C(=O)NC3CCc4ccccc43)n2)cc1CC. The third-order valence-electron chi connectivity index (χ3n) is 5.68. The van der Waals surface area contributed by atoms with Gasteiger partial charge in [0.2, 0.25) is 0 Å². The lowest BCUT2D eigenvalue weighted by Gasteiger charge is -2.14. The van der Waals surface area contributed by atoms with Crippen molar-refractivity contribution in [2.24, 2.45) is 0 Å². The quantitative estimate of drug-likeness (QED) is 0.663. The van der Waals surface area contributed by atoms with Gasteiger partial charge in [0.1, 0.15) is 5.69 Å². The molecule has 1 aromatic heterocycles. The summed E-state index contributed by atoms with van der Waals surface area (Å²) in [5.41, 5.74) is 7.66. The number of carbonyl (C=O) groups excluding carboxylic acids is 1. The zero-order chi connectivity index (χ0) is 19.5. The number of nitrogens with one attached hydrogen (secondary N) is 1. The molecule has 3 nitrogen and oxygen atoms in total. The summed E-state index contributed by atoms with van der Waals surface area (Å²) in [5, 5.41) is 3.17. The fraction of sp³-hybridized carbons (Fsp3) is 0.280. The number of pyridine rings is 1. The molecule has 142 valence electrons. The molecular weight excluding hydrogens is 344 g/mol. The number of fused-ring (bicyclic) bond motifs is 1. The maximum absolute atomic E-state index is 12.8. The topological polar surface area (TPSA) is 42.0 Å². The van der Waals surface area contributed by atoms with Crippen LogP contribution in [0.2, 0.25) is 0 Å². The average molecular weight is 370 g/mol. The molecule has 1 N–H and O–H groups in total. The maximum Gasteiger partial charge on any atom is 0.270 e. The van der Waals surface area contributed by atoms with Crippen LogP contribution in [0.5, 0.6) is 0 Å². The number of hydrogen-bond acceptors (Lipinski definition) is 2. The van der Waals surface area contributed by atoms with E-state index in [4.69, 9.17) is 0 Å². The Bertz CT molecular complexity index is 1010. The first-order chi connectivity index (χ1) is 13.7. The summed E-state index contributed by atoms with van der Waals surface area (Å²) < 4.78 is 0. The number of benzene rings is 2. The first kappa shape index (κ1) is 18.4. The van der Waals surface area contributed by atoms with Crippen molar-refractivity contribution in [3.63, 3.8) is 0 Å². The molecule has 1 amide bonds. The zero-order valence-corrected chi connectivity index (χ0v) is 16.5. The van der Waals surface area contributed by atoms with Gasteiger partial charge in [-0.3, -0.25) is 4.79 Å². The van der Waals surface area contributed by atoms with Crippen LogP contribution in [0.4, 0.5) is 0 Å². The molecule has 4 rings (SSSR count). The van der Waals surface area contributed by atoms with Gasteiger partial charge < -0.3 is 5.32 Å². The second kappa shape index (κ2) is 7.97. The molecular formula is C25H26N2O. The highest BCUT2D eigenvalue weighted by molar-refractivity contribution is 5.93. The number of nitrogens with zero attached hydrogens (tertiary/aromatic N) is 1. The Labute approximate surface area is 166 Å². The fourth-order valence-electron chi connectivity index (χ4n) is 4.12. The predicted molar refractivity (Wildman–Crippen MR) is 113 cm³/mol. The Hall–Kier alpha value is -2.94. The lowest BCUT2D eigenvalue weighted by atomic mass is 9.98. The summed E-state index contributed by atoms with van der Waals surface area (Å²) in [7, 11) is 0. The largest absolute Gasteiger partial charge is 0.344 e. The molecule has 0 fully saturated rings. The van der Waals surface area contributed by atoms with E-state index in [9.17, 15) is 4.79 Å². The van der Waals surface area contributed by atoms with Crippen LogP contribution in [0.15, 0.2) is 60.7 Å². The normalized spacial score (nSPS) is 15.3. The van der Waals surface area contributed by atoms with Gasteiger partial charge in [-0.05, 0) is 66.1 Å². The van der Waals surface area contributed by atoms with Crippen molar-refractivity contribution < 1.29 is 4.79 Å². The minimum Gasteiger partial charge on any atom is -0.344 e. The number of rotatable bonds is 5. The number of aromatic nitrogens is 1. The first-order valence-electron chi connectivity index (χ1n) is 10.2. The van der Waals surface area contributed by atoms with E-state index in [0.717, 1.165) is 36.9 Å². The van der Waals surface area contributed by atoms with Crippen LogP contribution in [0, 0.1) is 0 Å². The van der Waals surface area contributed by atoms with Crippen molar-refractivity contribution >= 4 is 5.91 Å². The highest BCUT2D eigenvalue weighted by atomic mass is 16.1. The third kappa shape index (κ3) is 3.57. The molecule has 1 unspecified atom stereocenters. The molecule has 1 heterocycles. The number of carbonyl (C=O) groups is 1. The van der Waals surface area contributed by atoms with Gasteiger partial charge in [0.15, 0.2) is 0 Å². The molecule has 3 aromatic rings. The van der Waals surface area contributed by atoms with Gasteiger partial charge in [-0.2, -0.15) is 0 Å². The van der Waals surface area contributed by atoms with Crippen LogP contribution in [0.25, 0.3) is 11.3 Å². The number of aryl methyl sites for hydroxylation is 3. The van der Waals surface area contributed by atoms with Crippen molar-refractivity contribution in [3.05, 3.63) is 88.6 Å². The van der Waals surface area contributed by atoms with Crippen LogP contribution in [-0.2, 0) is 19.3 Å². The number of amides is 1. The van der Waals surface area contributed by atoms with E-state index in [1.54, 1.807) is 6.07 Å². The predicted octanol–water partition coefficient (Wildman–Crippen LogP) is 5.29. The first-order valence-corrected chi connectivity index (χ1v) is 10.2. The summed E-state index contributed by atoms with van der Waals surface area (Å²) in [4.78, 5) is 17.5. The Morgan fingerprint density at radius 3 is 2.64 bits per heavy atom. The van der Waals surface area contributed by atoms with Gasteiger partial charge in [0.25, 0.3) is 5.91 Å². The van der Waals surface area contributed by atoms with Gasteiger partial charge in [0.05, 0.1) is 11.7 Å². The molecule has 1 aliphatic rings. The molecule has 0 saturated carbocycles. The van der Waals surface area contributed by atoms with Crippen molar-refractivity contribution in [1.82, 2.24) is 10.3 Å². The van der Waals surface area contributed by atoms with Crippen LogP contribution >= 0.6 is 0 Å². The summed E-state index contributed by atoms with van der Waals surface area (Å²) in [6.07, 6.45) is 3.99. The maximum atomic E-state index is 12.8. The summed E-state index contributed by atoms with van der Waals surface area (Å²) in [5.74, 6) is -0.107. The van der Waals surface area contributed by atoms with E-state index in [1.807, 2.05) is 18.2 Å². The van der Waals surface area contributed by atoms with Crippen LogP contribution in [0.1, 0.15) is 59.1 Å². The van der Waals surface area contributed by atoms with E-state index in [0.29, 0.717) is 5.69 Å². The average Bonchev–Trinajstić information content (AvgIpc) is 3.16. The smallest absolute Gasteiger partial charge is 0.270 e.